The highest BCUT2D eigenvalue weighted by molar-refractivity contribution is 5.45. The van der Waals surface area contributed by atoms with Crippen LogP contribution in [0.3, 0.4) is 0 Å². The highest BCUT2D eigenvalue weighted by Gasteiger charge is 2.15. The number of benzene rings is 1. The minimum absolute atomic E-state index is 0.301. The first kappa shape index (κ1) is 14.5. The standard InChI is InChI=1S/C14H20N2O2/c1-4-14(2,16)10-18-9-11-5-6-13(17-3)12(7-11)8-15/h5-7H,4,9-10,16H2,1-3H3. The van der Waals surface area contributed by atoms with Crippen molar-refractivity contribution in [2.45, 2.75) is 32.4 Å². The molecular formula is C14H20N2O2. The van der Waals surface area contributed by atoms with Gasteiger partial charge in [-0.25, -0.2) is 0 Å². The first-order valence-corrected chi connectivity index (χ1v) is 5.96. The summed E-state index contributed by atoms with van der Waals surface area (Å²) in [5.41, 5.74) is 7.15. The van der Waals surface area contributed by atoms with Crippen molar-refractivity contribution in [3.63, 3.8) is 0 Å². The molecule has 0 bridgehead atoms. The highest BCUT2D eigenvalue weighted by Crippen LogP contribution is 2.19. The zero-order chi connectivity index (χ0) is 13.6. The molecule has 0 spiro atoms. The molecule has 1 aromatic rings. The Kier molecular flexibility index (Phi) is 5.14. The second-order valence-electron chi connectivity index (χ2n) is 4.65. The van der Waals surface area contributed by atoms with Gasteiger partial charge < -0.3 is 15.2 Å². The summed E-state index contributed by atoms with van der Waals surface area (Å²) in [5, 5.41) is 8.98. The quantitative estimate of drug-likeness (QED) is 0.838. The molecule has 0 saturated carbocycles. The third-order valence-electron chi connectivity index (χ3n) is 2.89. The minimum atomic E-state index is -0.301. The normalized spacial score (nSPS) is 13.7. The number of nitrogens with zero attached hydrogens (tertiary/aromatic N) is 1. The Hall–Kier alpha value is -1.57. The number of hydrogen-bond donors (Lipinski definition) is 1. The molecule has 0 aliphatic heterocycles. The molecule has 1 aromatic carbocycles. The molecule has 0 aliphatic carbocycles. The van der Waals surface area contributed by atoms with E-state index >= 15 is 0 Å². The maximum Gasteiger partial charge on any atom is 0.136 e. The summed E-state index contributed by atoms with van der Waals surface area (Å²) in [6.45, 7) is 4.94. The van der Waals surface area contributed by atoms with Gasteiger partial charge in [0.05, 0.1) is 25.9 Å². The highest BCUT2D eigenvalue weighted by atomic mass is 16.5. The van der Waals surface area contributed by atoms with Crippen molar-refractivity contribution in [1.82, 2.24) is 0 Å². The number of hydrogen-bond acceptors (Lipinski definition) is 4. The number of nitriles is 1. The molecule has 1 atom stereocenters. The van der Waals surface area contributed by atoms with Gasteiger partial charge in [-0.05, 0) is 31.0 Å². The summed E-state index contributed by atoms with van der Waals surface area (Å²) < 4.78 is 10.7. The molecule has 4 heteroatoms. The van der Waals surface area contributed by atoms with Crippen LogP contribution in [0.5, 0.6) is 5.75 Å². The van der Waals surface area contributed by atoms with Gasteiger partial charge in [-0.3, -0.25) is 0 Å². The molecule has 0 heterocycles. The van der Waals surface area contributed by atoms with E-state index in [1.807, 2.05) is 19.9 Å². The smallest absolute Gasteiger partial charge is 0.136 e. The molecule has 0 amide bonds. The average Bonchev–Trinajstić information content (AvgIpc) is 2.38. The van der Waals surface area contributed by atoms with Crippen LogP contribution in [0.1, 0.15) is 31.4 Å². The summed E-state index contributed by atoms with van der Waals surface area (Å²) in [6.07, 6.45) is 0.860. The van der Waals surface area contributed by atoms with Gasteiger partial charge in [0.1, 0.15) is 11.8 Å². The minimum Gasteiger partial charge on any atom is -0.495 e. The van der Waals surface area contributed by atoms with Gasteiger partial charge in [0.15, 0.2) is 0 Å². The van der Waals surface area contributed by atoms with Crippen LogP contribution >= 0.6 is 0 Å². The predicted molar refractivity (Wildman–Crippen MR) is 70.2 cm³/mol. The lowest BCUT2D eigenvalue weighted by molar-refractivity contribution is 0.0777. The number of nitrogens with two attached hydrogens (primary N) is 1. The summed E-state index contributed by atoms with van der Waals surface area (Å²) in [4.78, 5) is 0. The second-order valence-corrected chi connectivity index (χ2v) is 4.65. The van der Waals surface area contributed by atoms with E-state index in [1.165, 1.54) is 0 Å². The molecule has 1 rings (SSSR count). The lowest BCUT2D eigenvalue weighted by Gasteiger charge is -2.22. The van der Waals surface area contributed by atoms with Gasteiger partial charge in [-0.15, -0.1) is 0 Å². The Bertz CT molecular complexity index is 436. The Labute approximate surface area is 108 Å². The Morgan fingerprint density at radius 2 is 2.17 bits per heavy atom. The van der Waals surface area contributed by atoms with E-state index in [9.17, 15) is 0 Å². The Balaban J connectivity index is 2.62. The first-order valence-electron chi connectivity index (χ1n) is 5.96. The third kappa shape index (κ3) is 4.02. The van der Waals surface area contributed by atoms with E-state index in [1.54, 1.807) is 19.2 Å². The van der Waals surface area contributed by atoms with Crippen LogP contribution in [0.4, 0.5) is 0 Å². The van der Waals surface area contributed by atoms with Gasteiger partial charge >= 0.3 is 0 Å². The van der Waals surface area contributed by atoms with Crippen LogP contribution in [0, 0.1) is 11.3 Å². The zero-order valence-electron chi connectivity index (χ0n) is 11.2. The van der Waals surface area contributed by atoms with Crippen LogP contribution in [0.2, 0.25) is 0 Å². The molecule has 0 fully saturated rings. The average molecular weight is 248 g/mol. The van der Waals surface area contributed by atoms with E-state index in [0.29, 0.717) is 24.5 Å². The van der Waals surface area contributed by atoms with E-state index in [0.717, 1.165) is 12.0 Å². The van der Waals surface area contributed by atoms with E-state index in [4.69, 9.17) is 20.5 Å². The molecule has 0 aliphatic rings. The van der Waals surface area contributed by atoms with Crippen molar-refractivity contribution in [2.75, 3.05) is 13.7 Å². The third-order valence-corrected chi connectivity index (χ3v) is 2.89. The summed E-state index contributed by atoms with van der Waals surface area (Å²) >= 11 is 0. The molecule has 98 valence electrons. The van der Waals surface area contributed by atoms with Gasteiger partial charge in [-0.2, -0.15) is 5.26 Å². The Morgan fingerprint density at radius 3 is 2.72 bits per heavy atom. The first-order chi connectivity index (χ1) is 8.52. The molecule has 0 aromatic heterocycles. The molecule has 0 saturated heterocycles. The fourth-order valence-corrected chi connectivity index (χ4v) is 1.44. The van der Waals surface area contributed by atoms with Crippen LogP contribution in [-0.2, 0) is 11.3 Å². The lowest BCUT2D eigenvalue weighted by atomic mass is 10.0. The molecule has 1 unspecified atom stereocenters. The van der Waals surface area contributed by atoms with E-state index in [-0.39, 0.29) is 5.54 Å². The molecule has 4 nitrogen and oxygen atoms in total. The number of ether oxygens (including phenoxy) is 2. The van der Waals surface area contributed by atoms with Crippen molar-refractivity contribution < 1.29 is 9.47 Å². The molecule has 2 N–H and O–H groups in total. The van der Waals surface area contributed by atoms with Crippen LogP contribution in [0.25, 0.3) is 0 Å². The van der Waals surface area contributed by atoms with Crippen LogP contribution in [-0.4, -0.2) is 19.3 Å². The van der Waals surface area contributed by atoms with Gasteiger partial charge in [-0.1, -0.05) is 13.0 Å². The van der Waals surface area contributed by atoms with Crippen molar-refractivity contribution in [3.8, 4) is 11.8 Å². The van der Waals surface area contributed by atoms with E-state index < -0.39 is 0 Å². The van der Waals surface area contributed by atoms with Gasteiger partial charge in [0.2, 0.25) is 0 Å². The number of methoxy groups -OCH3 is 1. The van der Waals surface area contributed by atoms with Crippen molar-refractivity contribution in [1.29, 1.82) is 5.26 Å². The van der Waals surface area contributed by atoms with Crippen molar-refractivity contribution in [2.24, 2.45) is 5.73 Å². The topological polar surface area (TPSA) is 68.3 Å². The van der Waals surface area contributed by atoms with Crippen molar-refractivity contribution >= 4 is 0 Å². The van der Waals surface area contributed by atoms with Gasteiger partial charge in [0, 0.05) is 5.54 Å². The van der Waals surface area contributed by atoms with E-state index in [2.05, 4.69) is 6.07 Å². The summed E-state index contributed by atoms with van der Waals surface area (Å²) in [7, 11) is 1.55. The maximum absolute atomic E-state index is 8.98. The largest absolute Gasteiger partial charge is 0.495 e. The SMILES string of the molecule is CCC(C)(N)COCc1ccc(OC)c(C#N)c1. The second kappa shape index (κ2) is 6.39. The molecule has 18 heavy (non-hydrogen) atoms. The monoisotopic (exact) mass is 248 g/mol. The predicted octanol–water partition coefficient (Wildman–Crippen LogP) is 2.21. The Morgan fingerprint density at radius 1 is 1.44 bits per heavy atom. The molecule has 0 radical (unpaired) electrons. The van der Waals surface area contributed by atoms with Crippen LogP contribution < -0.4 is 10.5 Å². The van der Waals surface area contributed by atoms with Crippen LogP contribution in [0.15, 0.2) is 18.2 Å². The summed E-state index contributed by atoms with van der Waals surface area (Å²) in [5.74, 6) is 0.582. The van der Waals surface area contributed by atoms with Gasteiger partial charge in [0.25, 0.3) is 0 Å². The summed E-state index contributed by atoms with van der Waals surface area (Å²) in [6, 6.07) is 7.54. The molecular weight excluding hydrogens is 228 g/mol. The fraction of sp³-hybridized carbons (Fsp3) is 0.500. The maximum atomic E-state index is 8.98. The van der Waals surface area contributed by atoms with Crippen molar-refractivity contribution in [3.05, 3.63) is 29.3 Å². The fourth-order valence-electron chi connectivity index (χ4n) is 1.44. The number of rotatable bonds is 6. The zero-order valence-corrected chi connectivity index (χ0v) is 11.2. The lowest BCUT2D eigenvalue weighted by Crippen LogP contribution is -2.40.